The summed E-state index contributed by atoms with van der Waals surface area (Å²) in [5, 5.41) is 19.0. The van der Waals surface area contributed by atoms with Gasteiger partial charge in [0.15, 0.2) is 0 Å². The molecule has 0 aliphatic rings. The number of hydrogen-bond acceptors (Lipinski definition) is 6. The van der Waals surface area contributed by atoms with Crippen molar-refractivity contribution in [2.75, 3.05) is 0 Å². The summed E-state index contributed by atoms with van der Waals surface area (Å²) in [5.74, 6) is -3.37. The SMILES string of the molecule is CC(=O)CC(=O)[O-].CC(=O)CC(=O)[O-].O.[CH2-]C.[La+3]. The quantitative estimate of drug-likeness (QED) is 0.383. The van der Waals surface area contributed by atoms with E-state index in [0.29, 0.717) is 0 Å². The standard InChI is InChI=1S/2C4H6O3.C2H5.La.H2O/c2*1-3(5)2-4(6)7;1-2;;/h2*2H2,1H3,(H,6,7);1H2,2H3;;1H2/q;;-1;+3;/p-2. The van der Waals surface area contributed by atoms with Crippen LogP contribution < -0.4 is 10.2 Å². The van der Waals surface area contributed by atoms with E-state index in [9.17, 15) is 29.4 Å². The molecule has 0 radical (unpaired) electrons. The first-order valence-electron chi connectivity index (χ1n) is 4.35. The Bertz CT molecular complexity index is 201. The van der Waals surface area contributed by atoms with Crippen LogP contribution in [0.2, 0.25) is 0 Å². The van der Waals surface area contributed by atoms with E-state index < -0.39 is 24.8 Å². The fourth-order valence-electron chi connectivity index (χ4n) is 0.407. The van der Waals surface area contributed by atoms with Crippen LogP contribution >= 0.6 is 0 Å². The first-order chi connectivity index (χ1) is 7.25. The van der Waals surface area contributed by atoms with Gasteiger partial charge >= 0.3 is 35.6 Å². The topological polar surface area (TPSA) is 146 Å². The number of aliphatic carboxylic acids is 2. The Hall–Kier alpha value is -0.565. The van der Waals surface area contributed by atoms with Gasteiger partial charge in [-0.3, -0.25) is 9.59 Å². The minimum atomic E-state index is -1.31. The minimum absolute atomic E-state index is 0. The molecule has 7 nitrogen and oxygen atoms in total. The largest absolute Gasteiger partial charge is 3.00 e. The zero-order valence-electron chi connectivity index (χ0n) is 10.6. The molecule has 0 bridgehead atoms. The van der Waals surface area contributed by atoms with E-state index >= 15 is 0 Å². The molecular formula is C10H17LaO7. The van der Waals surface area contributed by atoms with Gasteiger partial charge in [0.1, 0.15) is 11.6 Å². The average molecular weight is 388 g/mol. The van der Waals surface area contributed by atoms with Gasteiger partial charge in [0.25, 0.3) is 0 Å². The molecule has 0 atom stereocenters. The molecule has 0 aromatic heterocycles. The van der Waals surface area contributed by atoms with Gasteiger partial charge in [-0.25, -0.2) is 0 Å². The summed E-state index contributed by atoms with van der Waals surface area (Å²) in [6.45, 7) is 7.41. The maximum absolute atomic E-state index is 9.83. The summed E-state index contributed by atoms with van der Waals surface area (Å²) >= 11 is 0. The molecule has 0 aromatic carbocycles. The van der Waals surface area contributed by atoms with Crippen molar-refractivity contribution >= 4 is 23.5 Å². The van der Waals surface area contributed by atoms with Crippen LogP contribution in [0.4, 0.5) is 0 Å². The Balaban J connectivity index is -0.0000000500. The van der Waals surface area contributed by atoms with Crippen molar-refractivity contribution in [3.63, 3.8) is 0 Å². The number of rotatable bonds is 4. The molecule has 0 saturated carbocycles. The molecule has 0 aliphatic carbocycles. The molecule has 2 N–H and O–H groups in total. The van der Waals surface area contributed by atoms with Gasteiger partial charge in [-0.05, 0) is 13.8 Å². The van der Waals surface area contributed by atoms with Crippen LogP contribution in [0.3, 0.4) is 0 Å². The fourth-order valence-corrected chi connectivity index (χ4v) is 0.407. The Morgan fingerprint density at radius 1 is 0.833 bits per heavy atom. The summed E-state index contributed by atoms with van der Waals surface area (Å²) < 4.78 is 0. The maximum atomic E-state index is 9.83. The molecule has 18 heavy (non-hydrogen) atoms. The summed E-state index contributed by atoms with van der Waals surface area (Å²) in [5.41, 5.74) is 0. The van der Waals surface area contributed by atoms with Crippen molar-refractivity contribution in [3.05, 3.63) is 6.92 Å². The molecule has 0 rings (SSSR count). The molecule has 8 heteroatoms. The maximum Gasteiger partial charge on any atom is 3.00 e. The zero-order valence-corrected chi connectivity index (χ0v) is 14.3. The van der Waals surface area contributed by atoms with Crippen molar-refractivity contribution in [3.8, 4) is 0 Å². The third kappa shape index (κ3) is 58.2. The van der Waals surface area contributed by atoms with Crippen LogP contribution in [0, 0.1) is 42.5 Å². The Kier molecular flexibility index (Phi) is 36.7. The zero-order chi connectivity index (χ0) is 13.7. The van der Waals surface area contributed by atoms with E-state index in [2.05, 4.69) is 6.92 Å². The summed E-state index contributed by atoms with van der Waals surface area (Å²) in [4.78, 5) is 38.6. The second-order valence-corrected chi connectivity index (χ2v) is 2.50. The molecule has 0 fully saturated rings. The summed E-state index contributed by atoms with van der Waals surface area (Å²) in [6, 6.07) is 0. The van der Waals surface area contributed by atoms with E-state index in [1.165, 1.54) is 13.8 Å². The second kappa shape index (κ2) is 21.7. The molecule has 0 aliphatic heterocycles. The van der Waals surface area contributed by atoms with E-state index in [1.807, 2.05) is 0 Å². The van der Waals surface area contributed by atoms with Crippen LogP contribution in [0.25, 0.3) is 0 Å². The Morgan fingerprint density at radius 2 is 1.00 bits per heavy atom. The molecule has 0 spiro atoms. The van der Waals surface area contributed by atoms with Gasteiger partial charge < -0.3 is 32.2 Å². The van der Waals surface area contributed by atoms with E-state index in [4.69, 9.17) is 0 Å². The molecule has 0 saturated heterocycles. The first kappa shape index (κ1) is 30.5. The number of carboxylic acids is 2. The fraction of sp³-hybridized carbons (Fsp3) is 0.500. The van der Waals surface area contributed by atoms with E-state index in [1.54, 1.807) is 6.92 Å². The average Bonchev–Trinajstić information content (AvgIpc) is 2.03. The number of carboxylic acid groups (broad SMARTS) is 2. The van der Waals surface area contributed by atoms with Gasteiger partial charge in [-0.1, -0.05) is 0 Å². The van der Waals surface area contributed by atoms with Gasteiger partial charge in [0.05, 0.1) is 0 Å². The van der Waals surface area contributed by atoms with Crippen LogP contribution in [-0.2, 0) is 19.2 Å². The van der Waals surface area contributed by atoms with Crippen molar-refractivity contribution in [2.24, 2.45) is 0 Å². The first-order valence-corrected chi connectivity index (χ1v) is 4.35. The van der Waals surface area contributed by atoms with E-state index in [-0.39, 0.29) is 52.6 Å². The van der Waals surface area contributed by atoms with Crippen LogP contribution in [0.1, 0.15) is 33.6 Å². The van der Waals surface area contributed by atoms with Gasteiger partial charge in [-0.15, -0.1) is 0 Å². The van der Waals surface area contributed by atoms with Crippen molar-refractivity contribution < 1.29 is 70.5 Å². The third-order valence-electron chi connectivity index (χ3n) is 0.787. The van der Waals surface area contributed by atoms with Gasteiger partial charge in [0.2, 0.25) is 0 Å². The van der Waals surface area contributed by atoms with Crippen molar-refractivity contribution in [1.82, 2.24) is 0 Å². The van der Waals surface area contributed by atoms with E-state index in [0.717, 1.165) is 0 Å². The Labute approximate surface area is 134 Å². The van der Waals surface area contributed by atoms with Crippen molar-refractivity contribution in [1.29, 1.82) is 0 Å². The number of hydrogen-bond donors (Lipinski definition) is 0. The number of ketones is 2. The van der Waals surface area contributed by atoms with Crippen LogP contribution in [-0.4, -0.2) is 29.0 Å². The molecule has 0 amide bonds. The second-order valence-electron chi connectivity index (χ2n) is 2.50. The van der Waals surface area contributed by atoms with Crippen LogP contribution in [0.15, 0.2) is 0 Å². The normalized spacial score (nSPS) is 6.67. The molecular weight excluding hydrogens is 371 g/mol. The van der Waals surface area contributed by atoms with Gasteiger partial charge in [0, 0.05) is 24.8 Å². The number of Topliss-reactive ketones (excluding diaryl/α,β-unsaturated/α-hetero) is 2. The summed E-state index contributed by atoms with van der Waals surface area (Å²) in [7, 11) is 0. The van der Waals surface area contributed by atoms with Crippen LogP contribution in [0.5, 0.6) is 0 Å². The number of carbonyl (C=O) groups excluding carboxylic acids is 4. The summed E-state index contributed by atoms with van der Waals surface area (Å²) in [6.07, 6.45) is -0.944. The minimum Gasteiger partial charge on any atom is -0.550 e. The predicted molar refractivity (Wildman–Crippen MR) is 55.3 cm³/mol. The monoisotopic (exact) mass is 388 g/mol. The number of carbonyl (C=O) groups is 4. The molecule has 0 aromatic rings. The molecule has 102 valence electrons. The molecule has 0 unspecified atom stereocenters. The van der Waals surface area contributed by atoms with Gasteiger partial charge in [-0.2, -0.15) is 6.92 Å². The third-order valence-corrected chi connectivity index (χ3v) is 0.787. The predicted octanol–water partition coefficient (Wildman–Crippen LogP) is -2.55. The van der Waals surface area contributed by atoms with Crippen molar-refractivity contribution in [2.45, 2.75) is 33.6 Å². The smallest absolute Gasteiger partial charge is 0.550 e. The molecule has 0 heterocycles. The Morgan fingerprint density at radius 3 is 1.00 bits per heavy atom.